The summed E-state index contributed by atoms with van der Waals surface area (Å²) in [6.07, 6.45) is -3.70. The van der Waals surface area contributed by atoms with Gasteiger partial charge in [-0.3, -0.25) is 4.79 Å². The minimum atomic E-state index is -4.78. The Morgan fingerprint density at radius 2 is 2.19 bits per heavy atom. The Morgan fingerprint density at radius 1 is 1.50 bits per heavy atom. The van der Waals surface area contributed by atoms with Crippen LogP contribution in [0.4, 0.5) is 13.2 Å². The predicted octanol–water partition coefficient (Wildman–Crippen LogP) is 0.122. The van der Waals surface area contributed by atoms with Crippen LogP contribution in [0.25, 0.3) is 0 Å². The van der Waals surface area contributed by atoms with Crippen molar-refractivity contribution in [3.05, 3.63) is 0 Å². The van der Waals surface area contributed by atoms with E-state index in [-0.39, 0.29) is 25.7 Å². The van der Waals surface area contributed by atoms with E-state index < -0.39 is 12.1 Å². The zero-order valence-electron chi connectivity index (χ0n) is 8.76. The van der Waals surface area contributed by atoms with Crippen molar-refractivity contribution < 1.29 is 23.1 Å². The first kappa shape index (κ1) is 13.2. The lowest BCUT2D eigenvalue weighted by Gasteiger charge is -2.18. The smallest absolute Gasteiger partial charge is 0.396 e. The number of rotatable bonds is 4. The molecule has 7 heteroatoms. The van der Waals surface area contributed by atoms with Crippen molar-refractivity contribution >= 4 is 5.91 Å². The molecule has 0 aromatic rings. The normalized spacial score (nSPS) is 21.5. The Morgan fingerprint density at radius 3 is 2.75 bits per heavy atom. The molecule has 0 radical (unpaired) electrons. The largest absolute Gasteiger partial charge is 0.471 e. The van der Waals surface area contributed by atoms with Gasteiger partial charge in [0.2, 0.25) is 0 Å². The fourth-order valence-electron chi connectivity index (χ4n) is 1.68. The molecule has 1 rings (SSSR count). The first-order valence-corrected chi connectivity index (χ1v) is 5.15. The van der Waals surface area contributed by atoms with Crippen LogP contribution >= 0.6 is 0 Å². The molecule has 16 heavy (non-hydrogen) atoms. The molecule has 1 heterocycles. The Balaban J connectivity index is 2.32. The number of likely N-dealkylation sites (tertiary alicyclic amines) is 1. The molecule has 1 unspecified atom stereocenters. The molecule has 1 atom stereocenters. The average Bonchev–Trinajstić information content (AvgIpc) is 2.64. The predicted molar refractivity (Wildman–Crippen MR) is 50.7 cm³/mol. The average molecular weight is 240 g/mol. The number of hydrogen-bond donors (Lipinski definition) is 2. The van der Waals surface area contributed by atoms with Crippen molar-refractivity contribution in [1.82, 2.24) is 10.2 Å². The van der Waals surface area contributed by atoms with E-state index in [0.29, 0.717) is 19.4 Å². The van der Waals surface area contributed by atoms with E-state index in [1.807, 2.05) is 0 Å². The lowest BCUT2D eigenvalue weighted by molar-refractivity contribution is -0.184. The molecule has 0 saturated carbocycles. The van der Waals surface area contributed by atoms with Gasteiger partial charge in [0.1, 0.15) is 0 Å². The quantitative estimate of drug-likeness (QED) is 0.686. The number of halogens is 3. The number of nitrogens with one attached hydrogen (secondary N) is 1. The van der Waals surface area contributed by atoms with Gasteiger partial charge < -0.3 is 15.3 Å². The van der Waals surface area contributed by atoms with Crippen molar-refractivity contribution in [1.29, 1.82) is 0 Å². The van der Waals surface area contributed by atoms with Gasteiger partial charge in [-0.1, -0.05) is 0 Å². The molecule has 1 aliphatic heterocycles. The number of alkyl halides is 3. The molecule has 0 spiro atoms. The summed E-state index contributed by atoms with van der Waals surface area (Å²) >= 11 is 0. The molecule has 0 aliphatic carbocycles. The third-order valence-corrected chi connectivity index (χ3v) is 2.49. The molecule has 1 saturated heterocycles. The molecule has 4 nitrogen and oxygen atoms in total. The molecule has 1 aliphatic rings. The van der Waals surface area contributed by atoms with E-state index in [4.69, 9.17) is 5.11 Å². The third-order valence-electron chi connectivity index (χ3n) is 2.49. The van der Waals surface area contributed by atoms with Gasteiger partial charge >= 0.3 is 12.1 Å². The summed E-state index contributed by atoms with van der Waals surface area (Å²) in [6.45, 7) is 0.818. The van der Waals surface area contributed by atoms with Crippen LogP contribution in [0.2, 0.25) is 0 Å². The topological polar surface area (TPSA) is 52.6 Å². The minimum Gasteiger partial charge on any atom is -0.396 e. The van der Waals surface area contributed by atoms with E-state index in [2.05, 4.69) is 5.32 Å². The SMILES string of the molecule is O=C(N1CCC(NCCCO)C1)C(F)(F)F. The zero-order chi connectivity index (χ0) is 12.2. The maximum absolute atomic E-state index is 12.1. The molecule has 1 amide bonds. The van der Waals surface area contributed by atoms with Crippen molar-refractivity contribution in [2.24, 2.45) is 0 Å². The van der Waals surface area contributed by atoms with Crippen molar-refractivity contribution in [3.8, 4) is 0 Å². The molecule has 0 bridgehead atoms. The van der Waals surface area contributed by atoms with Crippen molar-refractivity contribution in [2.75, 3.05) is 26.2 Å². The number of nitrogens with zero attached hydrogens (tertiary/aromatic N) is 1. The van der Waals surface area contributed by atoms with Gasteiger partial charge in [0.15, 0.2) is 0 Å². The maximum Gasteiger partial charge on any atom is 0.471 e. The van der Waals surface area contributed by atoms with E-state index in [1.54, 1.807) is 0 Å². The van der Waals surface area contributed by atoms with Gasteiger partial charge in [0, 0.05) is 25.7 Å². The van der Waals surface area contributed by atoms with Crippen LogP contribution in [-0.4, -0.2) is 54.4 Å². The summed E-state index contributed by atoms with van der Waals surface area (Å²) in [7, 11) is 0. The monoisotopic (exact) mass is 240 g/mol. The number of amides is 1. The lowest BCUT2D eigenvalue weighted by atomic mass is 10.2. The van der Waals surface area contributed by atoms with E-state index in [0.717, 1.165) is 4.90 Å². The maximum atomic E-state index is 12.1. The second kappa shape index (κ2) is 5.49. The Hall–Kier alpha value is -0.820. The van der Waals surface area contributed by atoms with E-state index in [9.17, 15) is 18.0 Å². The fourth-order valence-corrected chi connectivity index (χ4v) is 1.68. The first-order chi connectivity index (χ1) is 7.45. The molecule has 0 aromatic carbocycles. The highest BCUT2D eigenvalue weighted by Crippen LogP contribution is 2.21. The molecule has 1 fully saturated rings. The summed E-state index contributed by atoms with van der Waals surface area (Å²) in [5.41, 5.74) is 0. The summed E-state index contributed by atoms with van der Waals surface area (Å²) in [6, 6.07) is -0.0992. The van der Waals surface area contributed by atoms with Gasteiger partial charge in [0.25, 0.3) is 0 Å². The van der Waals surface area contributed by atoms with E-state index >= 15 is 0 Å². The summed E-state index contributed by atoms with van der Waals surface area (Å²) < 4.78 is 36.3. The molecular formula is C9H15F3N2O2. The Labute approximate surface area is 91.4 Å². The van der Waals surface area contributed by atoms with Crippen molar-refractivity contribution in [3.63, 3.8) is 0 Å². The van der Waals surface area contributed by atoms with Crippen LogP contribution in [0.1, 0.15) is 12.8 Å². The number of hydrogen-bond acceptors (Lipinski definition) is 3. The highest BCUT2D eigenvalue weighted by molar-refractivity contribution is 5.82. The van der Waals surface area contributed by atoms with Crippen LogP contribution in [0, 0.1) is 0 Å². The Kier molecular flexibility index (Phi) is 4.55. The lowest BCUT2D eigenvalue weighted by Crippen LogP contribution is -2.41. The van der Waals surface area contributed by atoms with E-state index in [1.165, 1.54) is 0 Å². The highest BCUT2D eigenvalue weighted by Gasteiger charge is 2.44. The Bertz CT molecular complexity index is 245. The van der Waals surface area contributed by atoms with Gasteiger partial charge in [-0.05, 0) is 19.4 Å². The van der Waals surface area contributed by atoms with Gasteiger partial charge in [0.05, 0.1) is 0 Å². The second-order valence-electron chi connectivity index (χ2n) is 3.77. The van der Waals surface area contributed by atoms with Crippen LogP contribution < -0.4 is 5.32 Å². The highest BCUT2D eigenvalue weighted by atomic mass is 19.4. The zero-order valence-corrected chi connectivity index (χ0v) is 8.76. The van der Waals surface area contributed by atoms with Crippen LogP contribution in [0.15, 0.2) is 0 Å². The van der Waals surface area contributed by atoms with Crippen LogP contribution in [0.5, 0.6) is 0 Å². The third kappa shape index (κ3) is 3.64. The number of aliphatic hydroxyl groups excluding tert-OH is 1. The molecule has 94 valence electrons. The molecule has 2 N–H and O–H groups in total. The van der Waals surface area contributed by atoms with Gasteiger partial charge in [-0.25, -0.2) is 0 Å². The van der Waals surface area contributed by atoms with Crippen LogP contribution in [-0.2, 0) is 4.79 Å². The summed E-state index contributed by atoms with van der Waals surface area (Å²) in [5, 5.41) is 11.5. The summed E-state index contributed by atoms with van der Waals surface area (Å²) in [5.74, 6) is -1.76. The standard InChI is InChI=1S/C9H15F3N2O2/c10-9(11,12)8(16)14-4-2-7(6-14)13-3-1-5-15/h7,13,15H,1-6H2. The summed E-state index contributed by atoms with van der Waals surface area (Å²) in [4.78, 5) is 11.7. The second-order valence-corrected chi connectivity index (χ2v) is 3.77. The number of carbonyl (C=O) groups excluding carboxylic acids is 1. The number of aliphatic hydroxyl groups is 1. The van der Waals surface area contributed by atoms with Crippen LogP contribution in [0.3, 0.4) is 0 Å². The minimum absolute atomic E-state index is 0.0465. The first-order valence-electron chi connectivity index (χ1n) is 5.15. The number of carbonyl (C=O) groups is 1. The van der Waals surface area contributed by atoms with Gasteiger partial charge in [-0.15, -0.1) is 0 Å². The molecular weight excluding hydrogens is 225 g/mol. The fraction of sp³-hybridized carbons (Fsp3) is 0.889. The van der Waals surface area contributed by atoms with Gasteiger partial charge in [-0.2, -0.15) is 13.2 Å². The van der Waals surface area contributed by atoms with Crippen molar-refractivity contribution in [2.45, 2.75) is 25.1 Å². The molecule has 0 aromatic heterocycles.